The van der Waals surface area contributed by atoms with Crippen molar-refractivity contribution in [3.8, 4) is 23.7 Å². The Balaban J connectivity index is 1.82. The zero-order chi connectivity index (χ0) is 21.7. The molecule has 30 heavy (non-hydrogen) atoms. The van der Waals surface area contributed by atoms with Crippen LogP contribution in [0.3, 0.4) is 0 Å². The van der Waals surface area contributed by atoms with Gasteiger partial charge < -0.3 is 9.84 Å². The molecule has 0 spiro atoms. The third-order valence-corrected chi connectivity index (χ3v) is 5.62. The van der Waals surface area contributed by atoms with Crippen LogP contribution in [0.5, 0.6) is 0 Å². The van der Waals surface area contributed by atoms with E-state index in [2.05, 4.69) is 36.7 Å². The summed E-state index contributed by atoms with van der Waals surface area (Å²) in [5.74, 6) is 11.9. The molecule has 168 valence electrons. The SMILES string of the molecule is CCCC/C=C\C#CC#CCCCCCCCCCCCC[C@H]1C[C@@H](CO)OC1=O. The summed E-state index contributed by atoms with van der Waals surface area (Å²) in [7, 11) is 0. The van der Waals surface area contributed by atoms with Gasteiger partial charge in [0.05, 0.1) is 12.5 Å². The van der Waals surface area contributed by atoms with Crippen molar-refractivity contribution < 1.29 is 14.6 Å². The van der Waals surface area contributed by atoms with E-state index in [9.17, 15) is 4.79 Å². The number of rotatable bonds is 16. The number of carbonyl (C=O) groups is 1. The summed E-state index contributed by atoms with van der Waals surface area (Å²) in [6.45, 7) is 2.16. The number of esters is 1. The van der Waals surface area contributed by atoms with E-state index in [0.29, 0.717) is 6.42 Å². The average Bonchev–Trinajstić information content (AvgIpc) is 3.12. The second-order valence-electron chi connectivity index (χ2n) is 8.36. The van der Waals surface area contributed by atoms with Crippen molar-refractivity contribution in [3.63, 3.8) is 0 Å². The highest BCUT2D eigenvalue weighted by molar-refractivity contribution is 5.74. The molecule has 1 N–H and O–H groups in total. The molecule has 0 saturated carbocycles. The van der Waals surface area contributed by atoms with Crippen molar-refractivity contribution in [1.82, 2.24) is 0 Å². The van der Waals surface area contributed by atoms with Gasteiger partial charge in [0.2, 0.25) is 0 Å². The molecule has 0 aromatic rings. The number of carbonyl (C=O) groups excluding carboxylic acids is 1. The van der Waals surface area contributed by atoms with Crippen LogP contribution in [0.1, 0.15) is 110 Å². The van der Waals surface area contributed by atoms with E-state index in [4.69, 9.17) is 9.84 Å². The first-order valence-electron chi connectivity index (χ1n) is 12.2. The molecule has 0 radical (unpaired) electrons. The third kappa shape index (κ3) is 14.3. The largest absolute Gasteiger partial charge is 0.460 e. The highest BCUT2D eigenvalue weighted by Gasteiger charge is 2.33. The summed E-state index contributed by atoms with van der Waals surface area (Å²) in [6, 6.07) is 0. The Labute approximate surface area is 185 Å². The molecule has 0 aliphatic carbocycles. The van der Waals surface area contributed by atoms with Crippen LogP contribution in [0.4, 0.5) is 0 Å². The first kappa shape index (κ1) is 26.3. The van der Waals surface area contributed by atoms with E-state index in [0.717, 1.165) is 25.7 Å². The molecule has 1 aliphatic rings. The molecule has 0 aromatic carbocycles. The normalized spacial score (nSPS) is 18.0. The average molecular weight is 415 g/mol. The Bertz CT molecular complexity index is 585. The zero-order valence-electron chi connectivity index (χ0n) is 19.1. The molecule has 0 unspecified atom stereocenters. The van der Waals surface area contributed by atoms with E-state index in [1.807, 2.05) is 6.08 Å². The lowest BCUT2D eigenvalue weighted by Crippen LogP contribution is -2.10. The van der Waals surface area contributed by atoms with Crippen molar-refractivity contribution in [1.29, 1.82) is 0 Å². The summed E-state index contributed by atoms with van der Waals surface area (Å²) in [5, 5.41) is 9.05. The topological polar surface area (TPSA) is 46.5 Å². The molecule has 1 rings (SSSR count). The lowest BCUT2D eigenvalue weighted by atomic mass is 9.97. The Kier molecular flexibility index (Phi) is 16.9. The van der Waals surface area contributed by atoms with Crippen molar-refractivity contribution in [3.05, 3.63) is 12.2 Å². The first-order chi connectivity index (χ1) is 14.8. The highest BCUT2D eigenvalue weighted by atomic mass is 16.6. The van der Waals surface area contributed by atoms with Crippen molar-refractivity contribution >= 4 is 5.97 Å². The van der Waals surface area contributed by atoms with Crippen LogP contribution in [0.2, 0.25) is 0 Å². The first-order valence-corrected chi connectivity index (χ1v) is 12.2. The van der Waals surface area contributed by atoms with Crippen LogP contribution in [0.25, 0.3) is 0 Å². The maximum atomic E-state index is 11.6. The lowest BCUT2D eigenvalue weighted by Gasteiger charge is -2.05. The standard InChI is InChI=1S/C27H42O3/c1-2-3-4-5-6-7-8-9-10-11-12-13-14-15-16-17-18-19-20-21-22-25-23-26(24-28)30-27(25)29/h5-6,25-26,28H,2-4,11-24H2,1H3/b6-5-/t25-,26-/m0/s1. The van der Waals surface area contributed by atoms with Crippen LogP contribution in [-0.4, -0.2) is 23.8 Å². The molecule has 0 amide bonds. The zero-order valence-corrected chi connectivity index (χ0v) is 19.1. The van der Waals surface area contributed by atoms with Gasteiger partial charge in [-0.3, -0.25) is 4.79 Å². The fraction of sp³-hybridized carbons (Fsp3) is 0.741. The van der Waals surface area contributed by atoms with Gasteiger partial charge in [-0.2, -0.15) is 0 Å². The molecule has 1 saturated heterocycles. The van der Waals surface area contributed by atoms with Crippen LogP contribution in [0, 0.1) is 29.6 Å². The molecule has 1 fully saturated rings. The Hall–Kier alpha value is -1.71. The number of unbranched alkanes of at least 4 members (excludes halogenated alkanes) is 12. The smallest absolute Gasteiger partial charge is 0.309 e. The minimum atomic E-state index is -0.259. The molecule has 1 aliphatic heterocycles. The number of aliphatic hydroxyl groups excluding tert-OH is 1. The number of hydrogen-bond acceptors (Lipinski definition) is 3. The van der Waals surface area contributed by atoms with Crippen molar-refractivity contribution in [2.45, 2.75) is 116 Å². The van der Waals surface area contributed by atoms with Gasteiger partial charge in [-0.1, -0.05) is 95.5 Å². The van der Waals surface area contributed by atoms with E-state index in [1.165, 1.54) is 70.6 Å². The molecular weight excluding hydrogens is 372 g/mol. The summed E-state index contributed by atoms with van der Waals surface area (Å²) in [6.07, 6.45) is 22.5. The summed E-state index contributed by atoms with van der Waals surface area (Å²) in [5.41, 5.74) is 0. The molecular formula is C27H42O3. The van der Waals surface area contributed by atoms with Gasteiger partial charge in [0.15, 0.2) is 0 Å². The van der Waals surface area contributed by atoms with Gasteiger partial charge in [-0.15, -0.1) is 0 Å². The van der Waals surface area contributed by atoms with Crippen LogP contribution in [0.15, 0.2) is 12.2 Å². The maximum Gasteiger partial charge on any atom is 0.309 e. The van der Waals surface area contributed by atoms with Crippen LogP contribution < -0.4 is 0 Å². The Morgan fingerprint density at radius 1 is 0.967 bits per heavy atom. The number of hydrogen-bond donors (Lipinski definition) is 1. The van der Waals surface area contributed by atoms with E-state index in [1.54, 1.807) is 0 Å². The van der Waals surface area contributed by atoms with Gasteiger partial charge in [0, 0.05) is 6.42 Å². The molecule has 0 aromatic heterocycles. The Morgan fingerprint density at radius 2 is 1.63 bits per heavy atom. The van der Waals surface area contributed by atoms with E-state index in [-0.39, 0.29) is 24.6 Å². The lowest BCUT2D eigenvalue weighted by molar-refractivity contribution is -0.145. The summed E-state index contributed by atoms with van der Waals surface area (Å²) >= 11 is 0. The van der Waals surface area contributed by atoms with Gasteiger partial charge in [-0.25, -0.2) is 0 Å². The molecule has 3 heteroatoms. The number of aliphatic hydroxyl groups is 1. The van der Waals surface area contributed by atoms with Crippen molar-refractivity contribution in [2.24, 2.45) is 5.92 Å². The fourth-order valence-electron chi connectivity index (χ4n) is 3.74. The second kappa shape index (κ2) is 19.3. The van der Waals surface area contributed by atoms with E-state index < -0.39 is 0 Å². The molecule has 3 nitrogen and oxygen atoms in total. The molecule has 2 atom stereocenters. The van der Waals surface area contributed by atoms with Gasteiger partial charge in [0.25, 0.3) is 0 Å². The fourth-order valence-corrected chi connectivity index (χ4v) is 3.74. The molecule has 0 bridgehead atoms. The minimum absolute atomic E-state index is 0.0197. The Morgan fingerprint density at radius 3 is 2.27 bits per heavy atom. The number of ether oxygens (including phenoxy) is 1. The summed E-state index contributed by atoms with van der Waals surface area (Å²) in [4.78, 5) is 11.6. The summed E-state index contributed by atoms with van der Waals surface area (Å²) < 4.78 is 5.11. The predicted molar refractivity (Wildman–Crippen MR) is 125 cm³/mol. The maximum absolute atomic E-state index is 11.6. The van der Waals surface area contributed by atoms with Crippen LogP contribution in [-0.2, 0) is 9.53 Å². The van der Waals surface area contributed by atoms with E-state index >= 15 is 0 Å². The number of cyclic esters (lactones) is 1. The number of allylic oxidation sites excluding steroid dienone is 2. The second-order valence-corrected chi connectivity index (χ2v) is 8.36. The highest BCUT2D eigenvalue weighted by Crippen LogP contribution is 2.26. The molecule has 1 heterocycles. The van der Waals surface area contributed by atoms with Crippen molar-refractivity contribution in [2.75, 3.05) is 6.61 Å². The van der Waals surface area contributed by atoms with Gasteiger partial charge in [0.1, 0.15) is 6.10 Å². The van der Waals surface area contributed by atoms with Crippen LogP contribution >= 0.6 is 0 Å². The minimum Gasteiger partial charge on any atom is -0.460 e. The quantitative estimate of drug-likeness (QED) is 0.182. The van der Waals surface area contributed by atoms with Gasteiger partial charge in [-0.05, 0) is 43.6 Å². The monoisotopic (exact) mass is 414 g/mol. The third-order valence-electron chi connectivity index (χ3n) is 5.62. The van der Waals surface area contributed by atoms with Gasteiger partial charge >= 0.3 is 5.97 Å². The predicted octanol–water partition coefficient (Wildman–Crippen LogP) is 6.34.